The second-order valence-electron chi connectivity index (χ2n) is 3.74. The second-order valence-corrected chi connectivity index (χ2v) is 4.66. The van der Waals surface area contributed by atoms with Gasteiger partial charge in [0, 0.05) is 4.47 Å². The summed E-state index contributed by atoms with van der Waals surface area (Å²) < 4.78 is 6.42. The Balaban J connectivity index is 2.20. The summed E-state index contributed by atoms with van der Waals surface area (Å²) in [5.74, 6) is 1.01. The summed E-state index contributed by atoms with van der Waals surface area (Å²) in [5, 5.41) is 11.5. The molecule has 2 rings (SSSR count). The van der Waals surface area contributed by atoms with Crippen LogP contribution in [0.4, 0.5) is 0 Å². The molecule has 2 aromatic rings. The van der Waals surface area contributed by atoms with E-state index in [1.54, 1.807) is 13.1 Å². The van der Waals surface area contributed by atoms with Gasteiger partial charge < -0.3 is 4.74 Å². The van der Waals surface area contributed by atoms with Crippen molar-refractivity contribution >= 4 is 22.2 Å². The number of carbonyl (C=O) groups is 1. The third-order valence-corrected chi connectivity index (χ3v) is 2.75. The summed E-state index contributed by atoms with van der Waals surface area (Å²) in [6, 6.07) is 3.59. The zero-order valence-electron chi connectivity index (χ0n) is 9.92. The van der Waals surface area contributed by atoms with Crippen molar-refractivity contribution in [2.24, 2.45) is 7.05 Å². The van der Waals surface area contributed by atoms with Crippen molar-refractivity contribution in [1.29, 1.82) is 0 Å². The second kappa shape index (κ2) is 5.26. The van der Waals surface area contributed by atoms with Crippen molar-refractivity contribution in [3.63, 3.8) is 0 Å². The minimum Gasteiger partial charge on any atom is -0.484 e. The number of aryl methyl sites for hydroxylation is 2. The van der Waals surface area contributed by atoms with E-state index in [-0.39, 0.29) is 6.61 Å². The predicted octanol–water partition coefficient (Wildman–Crippen LogP) is 1.67. The first kappa shape index (κ1) is 12.7. The molecule has 6 nitrogen and oxygen atoms in total. The molecule has 0 radical (unpaired) electrons. The summed E-state index contributed by atoms with van der Waals surface area (Å²) in [6.45, 7) is 2.05. The monoisotopic (exact) mass is 310 g/mol. The Labute approximate surface area is 112 Å². The van der Waals surface area contributed by atoms with Gasteiger partial charge in [0.05, 0.1) is 12.6 Å². The molecule has 94 valence electrons. The van der Waals surface area contributed by atoms with Crippen molar-refractivity contribution in [2.75, 3.05) is 0 Å². The molecule has 0 atom stereocenters. The lowest BCUT2D eigenvalue weighted by molar-refractivity contribution is 0.111. The number of ether oxygens (including phenoxy) is 1. The van der Waals surface area contributed by atoms with Gasteiger partial charge in [-0.15, -0.1) is 10.2 Å². The molecule has 0 unspecified atom stereocenters. The highest BCUT2D eigenvalue weighted by Crippen LogP contribution is 2.27. The van der Waals surface area contributed by atoms with Crippen molar-refractivity contribution < 1.29 is 9.53 Å². The van der Waals surface area contributed by atoms with Gasteiger partial charge in [-0.3, -0.25) is 4.79 Å². The SMILES string of the molecule is Cc1cc(Br)cc(C=O)c1OCc1nnn(C)n1. The molecule has 0 fully saturated rings. The number of hydrogen-bond donors (Lipinski definition) is 0. The van der Waals surface area contributed by atoms with Crippen molar-refractivity contribution in [3.05, 3.63) is 33.6 Å². The van der Waals surface area contributed by atoms with Crippen LogP contribution in [0, 0.1) is 6.92 Å². The lowest BCUT2D eigenvalue weighted by Crippen LogP contribution is -2.02. The van der Waals surface area contributed by atoms with E-state index in [1.165, 1.54) is 4.80 Å². The summed E-state index contributed by atoms with van der Waals surface area (Å²) in [6.07, 6.45) is 0.761. The maximum absolute atomic E-state index is 11.0. The molecule has 1 aromatic heterocycles. The first-order chi connectivity index (χ1) is 8.60. The number of aromatic nitrogens is 4. The molecule has 0 spiro atoms. The van der Waals surface area contributed by atoms with Gasteiger partial charge in [0.15, 0.2) is 12.9 Å². The van der Waals surface area contributed by atoms with Crippen LogP contribution in [0.1, 0.15) is 21.7 Å². The number of aldehydes is 1. The van der Waals surface area contributed by atoms with Crippen molar-refractivity contribution in [3.8, 4) is 5.75 Å². The van der Waals surface area contributed by atoms with Gasteiger partial charge in [0.25, 0.3) is 0 Å². The van der Waals surface area contributed by atoms with Crippen LogP contribution in [0.2, 0.25) is 0 Å². The number of halogens is 1. The fraction of sp³-hybridized carbons (Fsp3) is 0.273. The Morgan fingerprint density at radius 3 is 2.89 bits per heavy atom. The van der Waals surface area contributed by atoms with Gasteiger partial charge in [-0.1, -0.05) is 15.9 Å². The largest absolute Gasteiger partial charge is 0.484 e. The minimum atomic E-state index is 0.178. The summed E-state index contributed by atoms with van der Waals surface area (Å²) in [5.41, 5.74) is 1.36. The van der Waals surface area contributed by atoms with Crippen LogP contribution in [0.5, 0.6) is 5.75 Å². The molecule has 0 N–H and O–H groups in total. The van der Waals surface area contributed by atoms with Crippen LogP contribution in [0.3, 0.4) is 0 Å². The smallest absolute Gasteiger partial charge is 0.212 e. The molecule has 0 amide bonds. The van der Waals surface area contributed by atoms with Crippen LogP contribution in [-0.2, 0) is 13.7 Å². The zero-order chi connectivity index (χ0) is 13.1. The number of rotatable bonds is 4. The quantitative estimate of drug-likeness (QED) is 0.803. The van der Waals surface area contributed by atoms with Crippen LogP contribution < -0.4 is 4.74 Å². The molecule has 0 aliphatic carbocycles. The van der Waals surface area contributed by atoms with E-state index < -0.39 is 0 Å². The molecule has 0 aliphatic heterocycles. The molecule has 18 heavy (non-hydrogen) atoms. The van der Waals surface area contributed by atoms with Gasteiger partial charge in [0.1, 0.15) is 5.75 Å². The van der Waals surface area contributed by atoms with E-state index in [1.807, 2.05) is 13.0 Å². The highest BCUT2D eigenvalue weighted by atomic mass is 79.9. The fourth-order valence-corrected chi connectivity index (χ4v) is 2.15. The summed E-state index contributed by atoms with van der Waals surface area (Å²) >= 11 is 3.33. The van der Waals surface area contributed by atoms with Crippen molar-refractivity contribution in [1.82, 2.24) is 20.2 Å². The van der Waals surface area contributed by atoms with Gasteiger partial charge in [0.2, 0.25) is 5.82 Å². The topological polar surface area (TPSA) is 69.9 Å². The zero-order valence-corrected chi connectivity index (χ0v) is 11.5. The van der Waals surface area contributed by atoms with Crippen molar-refractivity contribution in [2.45, 2.75) is 13.5 Å². The van der Waals surface area contributed by atoms with Gasteiger partial charge in [-0.2, -0.15) is 4.80 Å². The third kappa shape index (κ3) is 2.73. The number of carbonyl (C=O) groups excluding carboxylic acids is 1. The van der Waals surface area contributed by atoms with E-state index in [2.05, 4.69) is 31.3 Å². The molecular formula is C11H11BrN4O2. The highest BCUT2D eigenvalue weighted by Gasteiger charge is 2.10. The van der Waals surface area contributed by atoms with E-state index in [9.17, 15) is 4.79 Å². The summed E-state index contributed by atoms with van der Waals surface area (Å²) in [7, 11) is 1.68. The first-order valence-electron chi connectivity index (χ1n) is 5.21. The standard InChI is InChI=1S/C11H11BrN4O2/c1-7-3-9(12)4-8(5-17)11(7)18-6-10-13-15-16(2)14-10/h3-5H,6H2,1-2H3. The summed E-state index contributed by atoms with van der Waals surface area (Å²) in [4.78, 5) is 12.4. The fourth-order valence-electron chi connectivity index (χ4n) is 1.56. The third-order valence-electron chi connectivity index (χ3n) is 2.29. The predicted molar refractivity (Wildman–Crippen MR) is 67.4 cm³/mol. The lowest BCUT2D eigenvalue weighted by atomic mass is 10.1. The molecule has 0 bridgehead atoms. The van der Waals surface area contributed by atoms with Crippen LogP contribution in [0.15, 0.2) is 16.6 Å². The number of benzene rings is 1. The van der Waals surface area contributed by atoms with Crippen LogP contribution in [-0.4, -0.2) is 26.5 Å². The Morgan fingerprint density at radius 2 is 2.28 bits per heavy atom. The maximum Gasteiger partial charge on any atom is 0.212 e. The van der Waals surface area contributed by atoms with Gasteiger partial charge >= 0.3 is 0 Å². The van der Waals surface area contributed by atoms with E-state index in [4.69, 9.17) is 4.74 Å². The molecule has 0 saturated carbocycles. The maximum atomic E-state index is 11.0. The first-order valence-corrected chi connectivity index (χ1v) is 6.00. The highest BCUT2D eigenvalue weighted by molar-refractivity contribution is 9.10. The molecule has 7 heteroatoms. The number of nitrogens with zero attached hydrogens (tertiary/aromatic N) is 4. The van der Waals surface area contributed by atoms with E-state index in [0.29, 0.717) is 17.1 Å². The molecular weight excluding hydrogens is 300 g/mol. The van der Waals surface area contributed by atoms with Gasteiger partial charge in [-0.25, -0.2) is 0 Å². The lowest BCUT2D eigenvalue weighted by Gasteiger charge is -2.10. The molecule has 1 heterocycles. The average molecular weight is 311 g/mol. The normalized spacial score (nSPS) is 10.4. The average Bonchev–Trinajstić information content (AvgIpc) is 2.73. The van der Waals surface area contributed by atoms with E-state index >= 15 is 0 Å². The minimum absolute atomic E-state index is 0.178. The van der Waals surface area contributed by atoms with E-state index in [0.717, 1.165) is 16.3 Å². The Kier molecular flexibility index (Phi) is 3.71. The molecule has 0 aliphatic rings. The van der Waals surface area contributed by atoms with Gasteiger partial charge in [-0.05, 0) is 29.8 Å². The molecule has 1 aromatic carbocycles. The Hall–Kier alpha value is -1.76. The molecule has 0 saturated heterocycles. The Morgan fingerprint density at radius 1 is 1.50 bits per heavy atom. The van der Waals surface area contributed by atoms with Crippen LogP contribution >= 0.6 is 15.9 Å². The Bertz CT molecular complexity index is 582. The van der Waals surface area contributed by atoms with Crippen LogP contribution in [0.25, 0.3) is 0 Å². The number of hydrogen-bond acceptors (Lipinski definition) is 5. The number of tetrazole rings is 1.